The first-order valence-corrected chi connectivity index (χ1v) is 7.41. The van der Waals surface area contributed by atoms with Gasteiger partial charge in [0, 0.05) is 32.4 Å². The van der Waals surface area contributed by atoms with E-state index in [1.54, 1.807) is 36.1 Å². The summed E-state index contributed by atoms with van der Waals surface area (Å²) in [5.74, 6) is 0.538. The average Bonchev–Trinajstić information content (AvgIpc) is 2.95. The first kappa shape index (κ1) is 20.2. The maximum Gasteiger partial charge on any atom is 0.191 e. The molecule has 2 aromatic rings. The normalized spacial score (nSPS) is 12.2. The number of aliphatic imine (C=N–C) groups is 1. The molecule has 1 heterocycles. The molecule has 0 aliphatic carbocycles. The molecule has 0 saturated heterocycles. The van der Waals surface area contributed by atoms with Gasteiger partial charge in [-0.15, -0.1) is 24.0 Å². The molecular formula is C16H23FIN5O. The highest BCUT2D eigenvalue weighted by atomic mass is 127. The molecule has 1 atom stereocenters. The molecule has 132 valence electrons. The Balaban J connectivity index is 0.00000288. The second-order valence-electron chi connectivity index (χ2n) is 5.19. The number of guanidine groups is 1. The van der Waals surface area contributed by atoms with E-state index < -0.39 is 0 Å². The quantitative estimate of drug-likeness (QED) is 0.406. The lowest BCUT2D eigenvalue weighted by Gasteiger charge is -2.17. The van der Waals surface area contributed by atoms with Crippen molar-refractivity contribution in [3.63, 3.8) is 0 Å². The van der Waals surface area contributed by atoms with Crippen LogP contribution in [0.15, 0.2) is 41.7 Å². The smallest absolute Gasteiger partial charge is 0.191 e. The van der Waals surface area contributed by atoms with Crippen LogP contribution in [0.4, 0.5) is 4.39 Å². The summed E-state index contributed by atoms with van der Waals surface area (Å²) in [4.78, 5) is 4.14. The zero-order valence-electron chi connectivity index (χ0n) is 14.0. The van der Waals surface area contributed by atoms with Crippen molar-refractivity contribution in [3.05, 3.63) is 48.0 Å². The van der Waals surface area contributed by atoms with Gasteiger partial charge < -0.3 is 15.4 Å². The van der Waals surface area contributed by atoms with Crippen LogP contribution in [0, 0.1) is 5.82 Å². The third-order valence-electron chi connectivity index (χ3n) is 3.16. The van der Waals surface area contributed by atoms with Crippen molar-refractivity contribution in [1.82, 2.24) is 20.4 Å². The van der Waals surface area contributed by atoms with Crippen LogP contribution in [-0.4, -0.2) is 35.4 Å². The second kappa shape index (κ2) is 10.1. The summed E-state index contributed by atoms with van der Waals surface area (Å²) < 4.78 is 20.9. The summed E-state index contributed by atoms with van der Waals surface area (Å²) in [6.45, 7) is 2.99. The third kappa shape index (κ3) is 6.34. The van der Waals surface area contributed by atoms with Crippen LogP contribution in [0.25, 0.3) is 0 Å². The minimum Gasteiger partial charge on any atom is -0.486 e. The SMILES string of the molecule is CN=C(NCc1cnn(C)c1)NCC(C)Oc1ccccc1F.I. The van der Waals surface area contributed by atoms with Gasteiger partial charge in [-0.2, -0.15) is 5.10 Å². The van der Waals surface area contributed by atoms with Crippen molar-refractivity contribution in [2.75, 3.05) is 13.6 Å². The molecule has 0 spiro atoms. The molecule has 2 rings (SSSR count). The number of rotatable bonds is 6. The molecule has 0 fully saturated rings. The Morgan fingerprint density at radius 3 is 2.75 bits per heavy atom. The van der Waals surface area contributed by atoms with Gasteiger partial charge in [-0.3, -0.25) is 9.67 Å². The fourth-order valence-electron chi connectivity index (χ4n) is 2.01. The van der Waals surface area contributed by atoms with E-state index in [4.69, 9.17) is 4.74 Å². The summed E-state index contributed by atoms with van der Waals surface area (Å²) in [5.41, 5.74) is 1.06. The maximum atomic E-state index is 13.5. The number of para-hydroxylation sites is 1. The standard InChI is InChI=1S/C16H22FN5O.HI/c1-12(23-15-7-5-4-6-14(15)17)8-19-16(18-2)20-9-13-10-21-22(3)11-13;/h4-7,10-12H,8-9H2,1-3H3,(H2,18,19,20);1H. The van der Waals surface area contributed by atoms with Gasteiger partial charge in [-0.25, -0.2) is 4.39 Å². The van der Waals surface area contributed by atoms with E-state index in [1.807, 2.05) is 20.2 Å². The number of nitrogens with zero attached hydrogens (tertiary/aromatic N) is 3. The summed E-state index contributed by atoms with van der Waals surface area (Å²) in [7, 11) is 3.57. The van der Waals surface area contributed by atoms with E-state index in [0.29, 0.717) is 19.0 Å². The zero-order valence-corrected chi connectivity index (χ0v) is 16.3. The first-order valence-electron chi connectivity index (χ1n) is 7.41. The van der Waals surface area contributed by atoms with Crippen LogP contribution < -0.4 is 15.4 Å². The molecule has 2 N–H and O–H groups in total. The predicted molar refractivity (Wildman–Crippen MR) is 103 cm³/mol. The van der Waals surface area contributed by atoms with Gasteiger partial charge in [0.1, 0.15) is 6.10 Å². The number of benzene rings is 1. The molecule has 0 bridgehead atoms. The molecule has 24 heavy (non-hydrogen) atoms. The number of hydrogen-bond donors (Lipinski definition) is 2. The Kier molecular flexibility index (Phi) is 8.51. The number of hydrogen-bond acceptors (Lipinski definition) is 3. The van der Waals surface area contributed by atoms with Gasteiger partial charge >= 0.3 is 0 Å². The highest BCUT2D eigenvalue weighted by molar-refractivity contribution is 14.0. The largest absolute Gasteiger partial charge is 0.486 e. The van der Waals surface area contributed by atoms with Crippen LogP contribution in [-0.2, 0) is 13.6 Å². The van der Waals surface area contributed by atoms with E-state index in [0.717, 1.165) is 5.56 Å². The molecule has 6 nitrogen and oxygen atoms in total. The Morgan fingerprint density at radius 1 is 1.38 bits per heavy atom. The fraction of sp³-hybridized carbons (Fsp3) is 0.375. The van der Waals surface area contributed by atoms with E-state index in [2.05, 4.69) is 20.7 Å². The summed E-state index contributed by atoms with van der Waals surface area (Å²) in [6, 6.07) is 6.37. The monoisotopic (exact) mass is 447 g/mol. The Hall–Kier alpha value is -1.84. The van der Waals surface area contributed by atoms with E-state index in [1.165, 1.54) is 6.07 Å². The number of aryl methyl sites for hydroxylation is 1. The molecule has 0 saturated carbocycles. The van der Waals surface area contributed by atoms with Gasteiger partial charge in [0.15, 0.2) is 17.5 Å². The lowest BCUT2D eigenvalue weighted by molar-refractivity contribution is 0.214. The van der Waals surface area contributed by atoms with Crippen LogP contribution in [0.2, 0.25) is 0 Å². The van der Waals surface area contributed by atoms with Gasteiger partial charge in [-0.05, 0) is 19.1 Å². The topological polar surface area (TPSA) is 63.5 Å². The van der Waals surface area contributed by atoms with Gasteiger partial charge in [0.2, 0.25) is 0 Å². The van der Waals surface area contributed by atoms with E-state index in [9.17, 15) is 4.39 Å². The molecule has 0 aliphatic rings. The Bertz CT molecular complexity index is 661. The highest BCUT2D eigenvalue weighted by Gasteiger charge is 2.09. The Labute approximate surface area is 158 Å². The van der Waals surface area contributed by atoms with Crippen LogP contribution in [0.3, 0.4) is 0 Å². The molecule has 8 heteroatoms. The second-order valence-corrected chi connectivity index (χ2v) is 5.19. The number of halogens is 2. The van der Waals surface area contributed by atoms with Crippen LogP contribution in [0.1, 0.15) is 12.5 Å². The van der Waals surface area contributed by atoms with Crippen LogP contribution in [0.5, 0.6) is 5.75 Å². The van der Waals surface area contributed by atoms with Crippen molar-refractivity contribution >= 4 is 29.9 Å². The molecule has 1 aromatic heterocycles. The molecular weight excluding hydrogens is 424 g/mol. The lowest BCUT2D eigenvalue weighted by Crippen LogP contribution is -2.41. The zero-order chi connectivity index (χ0) is 16.7. The third-order valence-corrected chi connectivity index (χ3v) is 3.16. The maximum absolute atomic E-state index is 13.5. The first-order chi connectivity index (χ1) is 11.1. The summed E-state index contributed by atoms with van der Waals surface area (Å²) >= 11 is 0. The minimum absolute atomic E-state index is 0. The number of nitrogens with one attached hydrogen (secondary N) is 2. The molecule has 1 unspecified atom stereocenters. The van der Waals surface area contributed by atoms with Crippen molar-refractivity contribution in [2.24, 2.45) is 12.0 Å². The minimum atomic E-state index is -0.363. The molecule has 0 aliphatic heterocycles. The van der Waals surface area contributed by atoms with Crippen molar-refractivity contribution < 1.29 is 9.13 Å². The molecule has 0 radical (unpaired) electrons. The lowest BCUT2D eigenvalue weighted by atomic mass is 10.3. The van der Waals surface area contributed by atoms with E-state index in [-0.39, 0.29) is 41.6 Å². The van der Waals surface area contributed by atoms with Gasteiger partial charge in [0.05, 0.1) is 12.7 Å². The van der Waals surface area contributed by atoms with Gasteiger partial charge in [0.25, 0.3) is 0 Å². The van der Waals surface area contributed by atoms with Crippen molar-refractivity contribution in [1.29, 1.82) is 0 Å². The number of aromatic nitrogens is 2. The highest BCUT2D eigenvalue weighted by Crippen LogP contribution is 2.16. The molecule has 0 amide bonds. The predicted octanol–water partition coefficient (Wildman–Crippen LogP) is 2.31. The van der Waals surface area contributed by atoms with Crippen molar-refractivity contribution in [3.8, 4) is 5.75 Å². The molecule has 1 aromatic carbocycles. The number of ether oxygens (including phenoxy) is 1. The van der Waals surface area contributed by atoms with Gasteiger partial charge in [-0.1, -0.05) is 12.1 Å². The van der Waals surface area contributed by atoms with E-state index >= 15 is 0 Å². The fourth-order valence-corrected chi connectivity index (χ4v) is 2.01. The van der Waals surface area contributed by atoms with Crippen molar-refractivity contribution in [2.45, 2.75) is 19.6 Å². The summed E-state index contributed by atoms with van der Waals surface area (Å²) in [6.07, 6.45) is 3.53. The average molecular weight is 447 g/mol. The Morgan fingerprint density at radius 2 is 2.12 bits per heavy atom. The summed E-state index contributed by atoms with van der Waals surface area (Å²) in [5, 5.41) is 10.4. The van der Waals surface area contributed by atoms with Crippen LogP contribution >= 0.6 is 24.0 Å².